The van der Waals surface area contributed by atoms with Gasteiger partial charge in [-0.1, -0.05) is 12.1 Å². The number of likely N-dealkylation sites (tertiary alicyclic amines) is 1. The third-order valence-corrected chi connectivity index (χ3v) is 8.13. The first-order valence-electron chi connectivity index (χ1n) is 13.4. The fraction of sp³-hybridized carbons (Fsp3) is 0.607. The van der Waals surface area contributed by atoms with Crippen molar-refractivity contribution in [2.75, 3.05) is 31.6 Å². The highest BCUT2D eigenvalue weighted by molar-refractivity contribution is 5.81. The number of fused-ring (bicyclic) bond motifs is 1. The lowest BCUT2D eigenvalue weighted by molar-refractivity contribution is -0.141. The van der Waals surface area contributed by atoms with Gasteiger partial charge in [-0.25, -0.2) is 14.4 Å². The van der Waals surface area contributed by atoms with E-state index in [1.807, 2.05) is 17.2 Å². The monoisotopic (exact) mass is 495 g/mol. The Hall–Kier alpha value is -2.58. The van der Waals surface area contributed by atoms with Crippen LogP contribution in [0.4, 0.5) is 10.3 Å². The maximum atomic E-state index is 14.2. The number of aromatic nitrogens is 2. The number of rotatable bonds is 5. The van der Waals surface area contributed by atoms with Crippen LogP contribution in [-0.4, -0.2) is 70.1 Å². The molecule has 0 radical (unpaired) electrons. The van der Waals surface area contributed by atoms with Gasteiger partial charge < -0.3 is 19.9 Å². The first-order chi connectivity index (χ1) is 17.4. The van der Waals surface area contributed by atoms with Gasteiger partial charge in [0.2, 0.25) is 11.9 Å². The molecule has 1 aromatic carbocycles. The SMILES string of the molecule is CC(C)N1CC[C@@H](C(=O)N2Cc3nc(NC4CCOCC4)ncc3C[C@H]2C)[C@H](c2cccc(F)c2)C1. The van der Waals surface area contributed by atoms with Crippen LogP contribution in [0.5, 0.6) is 0 Å². The Labute approximate surface area is 213 Å². The zero-order valence-corrected chi connectivity index (χ0v) is 21.6. The number of anilines is 1. The standard InChI is InChI=1S/C28H38FN5O2/c1-18(2)33-10-7-24(25(16-33)20-5-4-6-22(29)14-20)27(35)34-17-26-21(13-19(34)3)15-30-28(32-26)31-23-8-11-36-12-9-23/h4-6,14-15,18-19,23-25H,7-13,16-17H2,1-3H3,(H,30,31,32)/t19-,24-,25+/m1/s1. The highest BCUT2D eigenvalue weighted by Crippen LogP contribution is 2.36. The maximum Gasteiger partial charge on any atom is 0.227 e. The Balaban J connectivity index is 1.36. The molecule has 2 saturated heterocycles. The Bertz CT molecular complexity index is 1070. The first kappa shape index (κ1) is 25.1. The number of carbonyl (C=O) groups excluding carboxylic acids is 1. The van der Waals surface area contributed by atoms with Crippen LogP contribution >= 0.6 is 0 Å². The summed E-state index contributed by atoms with van der Waals surface area (Å²) in [7, 11) is 0. The van der Waals surface area contributed by atoms with Gasteiger partial charge in [0.15, 0.2) is 0 Å². The van der Waals surface area contributed by atoms with E-state index in [4.69, 9.17) is 9.72 Å². The number of nitrogens with one attached hydrogen (secondary N) is 1. The van der Waals surface area contributed by atoms with Crippen LogP contribution in [0.3, 0.4) is 0 Å². The van der Waals surface area contributed by atoms with E-state index >= 15 is 0 Å². The maximum absolute atomic E-state index is 14.2. The largest absolute Gasteiger partial charge is 0.381 e. The molecule has 0 aliphatic carbocycles. The summed E-state index contributed by atoms with van der Waals surface area (Å²) < 4.78 is 19.6. The van der Waals surface area contributed by atoms with Gasteiger partial charge in [0.1, 0.15) is 5.82 Å². The molecule has 3 aliphatic heterocycles. The number of hydrogen-bond acceptors (Lipinski definition) is 6. The Morgan fingerprint density at radius 2 is 2.03 bits per heavy atom. The summed E-state index contributed by atoms with van der Waals surface area (Å²) in [6.45, 7) is 10.1. The molecule has 3 aliphatic rings. The van der Waals surface area contributed by atoms with Gasteiger partial charge in [0, 0.05) is 55.9 Å². The molecule has 0 unspecified atom stereocenters. The van der Waals surface area contributed by atoms with Crippen molar-refractivity contribution in [3.63, 3.8) is 0 Å². The van der Waals surface area contributed by atoms with Crippen molar-refractivity contribution in [3.05, 3.63) is 53.1 Å². The lowest BCUT2D eigenvalue weighted by Gasteiger charge is -2.43. The third kappa shape index (κ3) is 5.39. The molecule has 5 rings (SSSR count). The summed E-state index contributed by atoms with van der Waals surface area (Å²) in [5.74, 6) is 0.331. The molecular formula is C28H38FN5O2. The number of hydrogen-bond donors (Lipinski definition) is 1. The van der Waals surface area contributed by atoms with E-state index in [1.165, 1.54) is 6.07 Å². The highest BCUT2D eigenvalue weighted by Gasteiger charge is 2.40. The summed E-state index contributed by atoms with van der Waals surface area (Å²) in [6, 6.07) is 7.56. The van der Waals surface area contributed by atoms with Crippen molar-refractivity contribution in [2.24, 2.45) is 5.92 Å². The Morgan fingerprint density at radius 1 is 1.22 bits per heavy atom. The van der Waals surface area contributed by atoms with Crippen molar-refractivity contribution in [3.8, 4) is 0 Å². The van der Waals surface area contributed by atoms with Gasteiger partial charge >= 0.3 is 0 Å². The number of benzene rings is 1. The van der Waals surface area contributed by atoms with Gasteiger partial charge in [-0.15, -0.1) is 0 Å². The average molecular weight is 496 g/mol. The number of nitrogens with zero attached hydrogens (tertiary/aromatic N) is 4. The van der Waals surface area contributed by atoms with Crippen molar-refractivity contribution < 1.29 is 13.9 Å². The fourth-order valence-electron chi connectivity index (χ4n) is 5.91. The van der Waals surface area contributed by atoms with Gasteiger partial charge in [-0.3, -0.25) is 4.79 Å². The summed E-state index contributed by atoms with van der Waals surface area (Å²) >= 11 is 0. The molecule has 36 heavy (non-hydrogen) atoms. The fourth-order valence-corrected chi connectivity index (χ4v) is 5.91. The average Bonchev–Trinajstić information content (AvgIpc) is 2.88. The van der Waals surface area contributed by atoms with E-state index in [2.05, 4.69) is 36.0 Å². The van der Waals surface area contributed by atoms with E-state index in [0.29, 0.717) is 24.6 Å². The minimum atomic E-state index is -0.248. The molecule has 0 bridgehead atoms. The lowest BCUT2D eigenvalue weighted by atomic mass is 9.79. The number of piperidine rings is 1. The molecule has 7 nitrogen and oxygen atoms in total. The van der Waals surface area contributed by atoms with Crippen LogP contribution in [0.15, 0.2) is 30.5 Å². The van der Waals surface area contributed by atoms with Crippen LogP contribution in [0.2, 0.25) is 0 Å². The molecule has 3 atom stereocenters. The van der Waals surface area contributed by atoms with Crippen molar-refractivity contribution in [1.29, 1.82) is 0 Å². The zero-order valence-electron chi connectivity index (χ0n) is 21.6. The molecule has 0 spiro atoms. The van der Waals surface area contributed by atoms with Crippen LogP contribution in [0.25, 0.3) is 0 Å². The van der Waals surface area contributed by atoms with Crippen LogP contribution in [-0.2, 0) is 22.5 Å². The summed E-state index contributed by atoms with van der Waals surface area (Å²) in [6.07, 6.45) is 5.32. The molecule has 1 aromatic heterocycles. The molecule has 8 heteroatoms. The summed E-state index contributed by atoms with van der Waals surface area (Å²) in [5.41, 5.74) is 2.95. The second-order valence-corrected chi connectivity index (χ2v) is 10.9. The zero-order chi connectivity index (χ0) is 25.2. The number of carbonyl (C=O) groups is 1. The number of halogens is 1. The number of amides is 1. The molecular weight excluding hydrogens is 457 g/mol. The van der Waals surface area contributed by atoms with Gasteiger partial charge in [-0.2, -0.15) is 0 Å². The van der Waals surface area contributed by atoms with E-state index in [-0.39, 0.29) is 29.6 Å². The Kier molecular flexibility index (Phi) is 7.53. The summed E-state index contributed by atoms with van der Waals surface area (Å²) in [5, 5.41) is 3.45. The van der Waals surface area contributed by atoms with Crippen molar-refractivity contribution >= 4 is 11.9 Å². The van der Waals surface area contributed by atoms with Crippen LogP contribution in [0.1, 0.15) is 62.8 Å². The predicted molar refractivity (Wildman–Crippen MR) is 137 cm³/mol. The van der Waals surface area contributed by atoms with Crippen molar-refractivity contribution in [2.45, 2.75) is 77.0 Å². The quantitative estimate of drug-likeness (QED) is 0.676. The molecule has 194 valence electrons. The van der Waals surface area contributed by atoms with E-state index < -0.39 is 0 Å². The van der Waals surface area contributed by atoms with Crippen molar-refractivity contribution in [1.82, 2.24) is 19.8 Å². The van der Waals surface area contributed by atoms with Gasteiger partial charge in [-0.05, 0) is 76.3 Å². The van der Waals surface area contributed by atoms with E-state index in [0.717, 1.165) is 68.8 Å². The minimum absolute atomic E-state index is 0.0332. The highest BCUT2D eigenvalue weighted by atomic mass is 19.1. The number of ether oxygens (including phenoxy) is 1. The topological polar surface area (TPSA) is 70.6 Å². The normalized spacial score (nSPS) is 25.6. The molecule has 2 fully saturated rings. The Morgan fingerprint density at radius 3 is 2.78 bits per heavy atom. The van der Waals surface area contributed by atoms with Gasteiger partial charge in [0.05, 0.1) is 12.2 Å². The molecule has 1 amide bonds. The smallest absolute Gasteiger partial charge is 0.227 e. The first-order valence-corrected chi connectivity index (χ1v) is 13.4. The van der Waals surface area contributed by atoms with E-state index in [1.54, 1.807) is 12.1 Å². The molecule has 0 saturated carbocycles. The molecule has 4 heterocycles. The second kappa shape index (κ2) is 10.8. The minimum Gasteiger partial charge on any atom is -0.381 e. The molecule has 1 N–H and O–H groups in total. The third-order valence-electron chi connectivity index (χ3n) is 8.13. The molecule has 2 aromatic rings. The predicted octanol–water partition coefficient (Wildman–Crippen LogP) is 3.99. The van der Waals surface area contributed by atoms with Crippen LogP contribution < -0.4 is 5.32 Å². The van der Waals surface area contributed by atoms with E-state index in [9.17, 15) is 9.18 Å². The summed E-state index contributed by atoms with van der Waals surface area (Å²) in [4.78, 5) is 27.8. The van der Waals surface area contributed by atoms with Gasteiger partial charge in [0.25, 0.3) is 0 Å². The second-order valence-electron chi connectivity index (χ2n) is 10.9. The van der Waals surface area contributed by atoms with Crippen LogP contribution in [0, 0.1) is 11.7 Å². The lowest BCUT2D eigenvalue weighted by Crippen LogP contribution is -2.51.